The molecular formula is C19H35N3O4S. The fraction of sp³-hybridized carbons (Fsp3) is 0.947. The third-order valence-electron chi connectivity index (χ3n) is 6.23. The Labute approximate surface area is 164 Å². The highest BCUT2D eigenvalue weighted by Gasteiger charge is 2.44. The van der Waals surface area contributed by atoms with Crippen LogP contribution in [0.1, 0.15) is 58.3 Å². The molecule has 3 aliphatic rings. The van der Waals surface area contributed by atoms with E-state index < -0.39 is 10.0 Å². The summed E-state index contributed by atoms with van der Waals surface area (Å²) in [5, 5.41) is 0. The minimum absolute atomic E-state index is 0.117. The van der Waals surface area contributed by atoms with E-state index in [1.54, 1.807) is 9.21 Å². The van der Waals surface area contributed by atoms with Crippen molar-refractivity contribution in [1.82, 2.24) is 14.1 Å². The summed E-state index contributed by atoms with van der Waals surface area (Å²) in [6.07, 6.45) is 7.47. The summed E-state index contributed by atoms with van der Waals surface area (Å²) in [4.78, 5) is 16.1. The summed E-state index contributed by atoms with van der Waals surface area (Å²) in [5.41, 5.74) is 0. The average Bonchev–Trinajstić information content (AvgIpc) is 2.90. The summed E-state index contributed by atoms with van der Waals surface area (Å²) in [5.74, 6) is 0.261. The molecule has 156 valence electrons. The van der Waals surface area contributed by atoms with E-state index in [2.05, 4.69) is 4.90 Å². The van der Waals surface area contributed by atoms with Crippen LogP contribution < -0.4 is 0 Å². The molecule has 3 aliphatic heterocycles. The maximum Gasteiger partial charge on any atom is 0.319 e. The number of carbonyl (C=O) groups excluding carboxylic acids is 1. The summed E-state index contributed by atoms with van der Waals surface area (Å²) in [7, 11) is 0.519. The van der Waals surface area contributed by atoms with E-state index in [9.17, 15) is 13.2 Å². The second-order valence-corrected chi connectivity index (χ2v) is 10.6. The lowest BCUT2D eigenvalue weighted by molar-refractivity contribution is -0.0685. The molecule has 0 saturated carbocycles. The number of hydrogen-bond acceptors (Lipinski definition) is 4. The average molecular weight is 402 g/mol. The molecule has 3 heterocycles. The minimum Gasteiger partial charge on any atom is -0.375 e. The van der Waals surface area contributed by atoms with Gasteiger partial charge in [0.1, 0.15) is 0 Å². The first-order chi connectivity index (χ1) is 12.8. The van der Waals surface area contributed by atoms with Crippen molar-refractivity contribution >= 4 is 16.1 Å². The van der Waals surface area contributed by atoms with Gasteiger partial charge in [0.2, 0.25) is 10.0 Å². The predicted molar refractivity (Wildman–Crippen MR) is 105 cm³/mol. The van der Waals surface area contributed by atoms with Crippen LogP contribution in [0.5, 0.6) is 0 Å². The molecule has 2 bridgehead atoms. The van der Waals surface area contributed by atoms with Gasteiger partial charge in [0.25, 0.3) is 0 Å². The van der Waals surface area contributed by atoms with Crippen molar-refractivity contribution in [3.05, 3.63) is 0 Å². The Balaban J connectivity index is 1.48. The molecule has 27 heavy (non-hydrogen) atoms. The van der Waals surface area contributed by atoms with Crippen molar-refractivity contribution in [2.24, 2.45) is 0 Å². The molecular weight excluding hydrogens is 366 g/mol. The summed E-state index contributed by atoms with van der Waals surface area (Å²) >= 11 is 0. The second kappa shape index (κ2) is 8.66. The van der Waals surface area contributed by atoms with Crippen molar-refractivity contribution in [3.8, 4) is 0 Å². The lowest BCUT2D eigenvalue weighted by Crippen LogP contribution is -2.52. The molecule has 0 aromatic carbocycles. The zero-order chi connectivity index (χ0) is 19.6. The van der Waals surface area contributed by atoms with Gasteiger partial charge in [-0.25, -0.2) is 17.5 Å². The number of hydrogen-bond donors (Lipinski definition) is 0. The van der Waals surface area contributed by atoms with Gasteiger partial charge in [-0.2, -0.15) is 0 Å². The first-order valence-electron chi connectivity index (χ1n) is 10.4. The van der Waals surface area contributed by atoms with Crippen molar-refractivity contribution in [2.45, 2.75) is 82.6 Å². The number of carbonyl (C=O) groups is 1. The highest BCUT2D eigenvalue weighted by molar-refractivity contribution is 7.89. The maximum absolute atomic E-state index is 12.4. The number of piperidine rings is 2. The molecule has 0 spiro atoms. The van der Waals surface area contributed by atoms with Crippen LogP contribution >= 0.6 is 0 Å². The minimum atomic E-state index is -3.11. The summed E-state index contributed by atoms with van der Waals surface area (Å²) in [6, 6.07) is 0.697. The standard InChI is InChI=1S/C19H35N3O4S/c1-4-5-12-27(24,25)21-10-8-17(9-11-21)26-18-13-15-6-7-16(14-18)22(15)19(23)20(2)3/h15-18H,4-14H2,1-3H3. The molecule has 0 aromatic heterocycles. The number of unbranched alkanes of at least 4 members (excludes halogenated alkanes) is 1. The number of rotatable bonds is 6. The Hall–Kier alpha value is -0.860. The van der Waals surface area contributed by atoms with Crippen molar-refractivity contribution in [2.75, 3.05) is 32.9 Å². The lowest BCUT2D eigenvalue weighted by Gasteiger charge is -2.41. The Morgan fingerprint density at radius 3 is 2.15 bits per heavy atom. The van der Waals surface area contributed by atoms with Gasteiger partial charge in [-0.05, 0) is 44.9 Å². The number of ether oxygens (including phenoxy) is 1. The zero-order valence-electron chi connectivity index (χ0n) is 17.0. The highest BCUT2D eigenvalue weighted by atomic mass is 32.2. The van der Waals surface area contributed by atoms with Crippen LogP contribution in [0.3, 0.4) is 0 Å². The van der Waals surface area contributed by atoms with Crippen LogP contribution in [0, 0.1) is 0 Å². The smallest absolute Gasteiger partial charge is 0.319 e. The van der Waals surface area contributed by atoms with Crippen LogP contribution in [0.2, 0.25) is 0 Å². The molecule has 0 aliphatic carbocycles. The summed E-state index contributed by atoms with van der Waals surface area (Å²) in [6.45, 7) is 3.16. The lowest BCUT2D eigenvalue weighted by atomic mass is 9.99. The molecule has 3 fully saturated rings. The number of amides is 2. The van der Waals surface area contributed by atoms with Gasteiger partial charge >= 0.3 is 6.03 Å². The maximum atomic E-state index is 12.4. The van der Waals surface area contributed by atoms with E-state index in [0.717, 1.165) is 51.4 Å². The van der Waals surface area contributed by atoms with Gasteiger partial charge < -0.3 is 14.5 Å². The molecule has 2 atom stereocenters. The third-order valence-corrected chi connectivity index (χ3v) is 8.18. The van der Waals surface area contributed by atoms with Crippen molar-refractivity contribution in [3.63, 3.8) is 0 Å². The Bertz CT molecular complexity index is 602. The van der Waals surface area contributed by atoms with Gasteiger partial charge in [-0.15, -0.1) is 0 Å². The Morgan fingerprint density at radius 1 is 1.04 bits per heavy atom. The first-order valence-corrected chi connectivity index (χ1v) is 12.1. The zero-order valence-corrected chi connectivity index (χ0v) is 17.8. The number of sulfonamides is 1. The van der Waals surface area contributed by atoms with Crippen molar-refractivity contribution < 1.29 is 17.9 Å². The van der Waals surface area contributed by atoms with E-state index in [4.69, 9.17) is 4.74 Å². The number of fused-ring (bicyclic) bond motifs is 2. The largest absolute Gasteiger partial charge is 0.375 e. The van der Waals surface area contributed by atoms with Crippen LogP contribution in [0.15, 0.2) is 0 Å². The molecule has 3 rings (SSSR count). The van der Waals surface area contributed by atoms with Crippen LogP contribution in [0.4, 0.5) is 4.79 Å². The Kier molecular flexibility index (Phi) is 6.69. The van der Waals surface area contributed by atoms with E-state index in [-0.39, 0.29) is 36.1 Å². The van der Waals surface area contributed by atoms with E-state index in [0.29, 0.717) is 13.1 Å². The normalized spacial score (nSPS) is 29.9. The monoisotopic (exact) mass is 401 g/mol. The fourth-order valence-corrected chi connectivity index (χ4v) is 6.43. The summed E-state index contributed by atoms with van der Waals surface area (Å²) < 4.78 is 32.7. The fourth-order valence-electron chi connectivity index (χ4n) is 4.76. The van der Waals surface area contributed by atoms with Gasteiger partial charge in [0.15, 0.2) is 0 Å². The second-order valence-electron chi connectivity index (χ2n) is 8.47. The van der Waals surface area contributed by atoms with E-state index >= 15 is 0 Å². The predicted octanol–water partition coefficient (Wildman–Crippen LogP) is 2.27. The van der Waals surface area contributed by atoms with Crippen LogP contribution in [0.25, 0.3) is 0 Å². The molecule has 2 amide bonds. The number of urea groups is 1. The highest BCUT2D eigenvalue weighted by Crippen LogP contribution is 2.38. The molecule has 2 unspecified atom stereocenters. The van der Waals surface area contributed by atoms with E-state index in [1.807, 2.05) is 21.0 Å². The molecule has 0 aromatic rings. The molecule has 8 heteroatoms. The molecule has 7 nitrogen and oxygen atoms in total. The third kappa shape index (κ3) is 4.77. The van der Waals surface area contributed by atoms with Crippen molar-refractivity contribution in [1.29, 1.82) is 0 Å². The molecule has 3 saturated heterocycles. The van der Waals surface area contributed by atoms with Gasteiger partial charge in [-0.3, -0.25) is 0 Å². The van der Waals surface area contributed by atoms with Crippen LogP contribution in [-0.2, 0) is 14.8 Å². The van der Waals surface area contributed by atoms with Gasteiger partial charge in [0, 0.05) is 39.3 Å². The van der Waals surface area contributed by atoms with Crippen LogP contribution in [-0.4, -0.2) is 85.8 Å². The quantitative estimate of drug-likeness (QED) is 0.685. The number of nitrogens with zero attached hydrogens (tertiary/aromatic N) is 3. The van der Waals surface area contributed by atoms with Gasteiger partial charge in [-0.1, -0.05) is 13.3 Å². The SMILES string of the molecule is CCCCS(=O)(=O)N1CCC(OC2CC3CCC(C2)N3C(=O)N(C)C)CC1. The van der Waals surface area contributed by atoms with Gasteiger partial charge in [0.05, 0.1) is 18.0 Å². The topological polar surface area (TPSA) is 70.2 Å². The van der Waals surface area contributed by atoms with E-state index in [1.165, 1.54) is 0 Å². The molecule has 0 radical (unpaired) electrons. The first kappa shape index (κ1) is 20.9. The Morgan fingerprint density at radius 2 is 1.63 bits per heavy atom. The molecule has 0 N–H and O–H groups in total.